The van der Waals surface area contributed by atoms with Crippen molar-refractivity contribution in [2.75, 3.05) is 0 Å². The number of carboxylic acid groups (broad SMARTS) is 1. The standard InChI is InChI=1S/C14H12BNO6/c17-11(12-6-16-7-21-12)5-9-4-8-2-1-3-10(14(18)19)13(8)22-15(9)20/h1-3,6-7,9,20H,4-5H2,(H,18,19)/t9-/m1/s1. The summed E-state index contributed by atoms with van der Waals surface area (Å²) in [7, 11) is -1.25. The number of hydrogen-bond acceptors (Lipinski definition) is 6. The van der Waals surface area contributed by atoms with E-state index in [1.54, 1.807) is 12.1 Å². The Morgan fingerprint density at radius 1 is 1.41 bits per heavy atom. The van der Waals surface area contributed by atoms with Crippen LogP contribution in [0.2, 0.25) is 5.82 Å². The van der Waals surface area contributed by atoms with Gasteiger partial charge < -0.3 is 19.2 Å². The van der Waals surface area contributed by atoms with E-state index in [2.05, 4.69) is 4.98 Å². The maximum absolute atomic E-state index is 12.0. The summed E-state index contributed by atoms with van der Waals surface area (Å²) in [5, 5.41) is 19.2. The molecular weight excluding hydrogens is 289 g/mol. The summed E-state index contributed by atoms with van der Waals surface area (Å²) in [4.78, 5) is 26.8. The van der Waals surface area contributed by atoms with Gasteiger partial charge >= 0.3 is 13.1 Å². The molecule has 8 heteroatoms. The van der Waals surface area contributed by atoms with E-state index >= 15 is 0 Å². The molecule has 0 fully saturated rings. The molecule has 0 saturated heterocycles. The topological polar surface area (TPSA) is 110 Å². The second kappa shape index (κ2) is 5.65. The van der Waals surface area contributed by atoms with Crippen LogP contribution in [0.3, 0.4) is 0 Å². The zero-order chi connectivity index (χ0) is 15.7. The molecule has 2 heterocycles. The lowest BCUT2D eigenvalue weighted by atomic mass is 9.64. The fraction of sp³-hybridized carbons (Fsp3) is 0.214. The van der Waals surface area contributed by atoms with E-state index in [9.17, 15) is 14.6 Å². The number of fused-ring (bicyclic) bond motifs is 1. The number of oxazole rings is 1. The molecule has 22 heavy (non-hydrogen) atoms. The fourth-order valence-corrected chi connectivity index (χ4v) is 2.52. The molecule has 0 spiro atoms. The minimum atomic E-state index is -1.25. The molecule has 1 aromatic carbocycles. The van der Waals surface area contributed by atoms with Crippen LogP contribution >= 0.6 is 0 Å². The Labute approximate surface area is 125 Å². The van der Waals surface area contributed by atoms with E-state index < -0.39 is 18.9 Å². The molecule has 0 saturated carbocycles. The molecule has 3 rings (SSSR count). The zero-order valence-electron chi connectivity index (χ0n) is 11.4. The number of carbonyl (C=O) groups is 2. The summed E-state index contributed by atoms with van der Waals surface area (Å²) in [6.07, 6.45) is 2.84. The number of aromatic carboxylic acids is 1. The van der Waals surface area contributed by atoms with E-state index in [0.717, 1.165) is 6.39 Å². The highest BCUT2D eigenvalue weighted by Gasteiger charge is 2.38. The molecule has 0 amide bonds. The third-order valence-electron chi connectivity index (χ3n) is 3.61. The van der Waals surface area contributed by atoms with Gasteiger partial charge in [0.05, 0.1) is 11.8 Å². The van der Waals surface area contributed by atoms with Gasteiger partial charge in [-0.1, -0.05) is 12.1 Å². The van der Waals surface area contributed by atoms with Gasteiger partial charge in [-0.3, -0.25) is 4.79 Å². The first-order valence-corrected chi connectivity index (χ1v) is 6.68. The summed E-state index contributed by atoms with van der Waals surface area (Å²) in [6.45, 7) is 0. The van der Waals surface area contributed by atoms with Gasteiger partial charge in [0.25, 0.3) is 0 Å². The van der Waals surface area contributed by atoms with Crippen LogP contribution in [0.15, 0.2) is 35.2 Å². The van der Waals surface area contributed by atoms with E-state index in [4.69, 9.17) is 14.2 Å². The Morgan fingerprint density at radius 2 is 2.23 bits per heavy atom. The molecule has 2 N–H and O–H groups in total. The average Bonchev–Trinajstić information content (AvgIpc) is 3.01. The quantitative estimate of drug-likeness (QED) is 0.649. The van der Waals surface area contributed by atoms with Gasteiger partial charge in [-0.15, -0.1) is 0 Å². The summed E-state index contributed by atoms with van der Waals surface area (Å²) in [5.74, 6) is -1.61. The lowest BCUT2D eigenvalue weighted by Gasteiger charge is -2.27. The number of para-hydroxylation sites is 1. The third-order valence-corrected chi connectivity index (χ3v) is 3.61. The third kappa shape index (κ3) is 2.60. The summed E-state index contributed by atoms with van der Waals surface area (Å²) >= 11 is 0. The molecule has 0 bridgehead atoms. The van der Waals surface area contributed by atoms with Crippen molar-refractivity contribution >= 4 is 18.9 Å². The Kier molecular flexibility index (Phi) is 3.68. The minimum absolute atomic E-state index is 0.00318. The van der Waals surface area contributed by atoms with Crippen molar-refractivity contribution in [1.29, 1.82) is 0 Å². The fourth-order valence-electron chi connectivity index (χ4n) is 2.52. The Bertz CT molecular complexity index is 714. The zero-order valence-corrected chi connectivity index (χ0v) is 11.4. The predicted molar refractivity (Wildman–Crippen MR) is 74.9 cm³/mol. The first-order valence-electron chi connectivity index (χ1n) is 6.68. The maximum Gasteiger partial charge on any atom is 0.526 e. The smallest absolute Gasteiger partial charge is 0.526 e. The van der Waals surface area contributed by atoms with Crippen molar-refractivity contribution in [3.63, 3.8) is 0 Å². The van der Waals surface area contributed by atoms with Crippen LogP contribution in [0.4, 0.5) is 0 Å². The van der Waals surface area contributed by atoms with Crippen LogP contribution < -0.4 is 4.65 Å². The minimum Gasteiger partial charge on any atom is -0.535 e. The van der Waals surface area contributed by atoms with Crippen LogP contribution in [-0.4, -0.2) is 34.0 Å². The van der Waals surface area contributed by atoms with Gasteiger partial charge in [0.1, 0.15) is 5.75 Å². The summed E-state index contributed by atoms with van der Waals surface area (Å²) in [6, 6.07) is 4.74. The van der Waals surface area contributed by atoms with Gasteiger partial charge in [-0.25, -0.2) is 9.78 Å². The number of rotatable bonds is 4. The van der Waals surface area contributed by atoms with Crippen molar-refractivity contribution in [3.05, 3.63) is 47.7 Å². The van der Waals surface area contributed by atoms with Crippen LogP contribution in [-0.2, 0) is 6.42 Å². The lowest BCUT2D eigenvalue weighted by Crippen LogP contribution is -2.35. The lowest BCUT2D eigenvalue weighted by molar-refractivity contribution is 0.0693. The molecular formula is C14H12BNO6. The molecule has 1 aromatic heterocycles. The SMILES string of the molecule is O=C(C[C@H]1Cc2cccc(C(=O)O)c2OB1O)c1cnco1. The number of carboxylic acids is 1. The number of Topliss-reactive ketones (excluding diaryl/α,β-unsaturated/α-hetero) is 1. The highest BCUT2D eigenvalue weighted by Crippen LogP contribution is 2.36. The number of benzene rings is 1. The van der Waals surface area contributed by atoms with Crippen molar-refractivity contribution in [2.45, 2.75) is 18.7 Å². The first-order chi connectivity index (χ1) is 10.6. The number of aromatic nitrogens is 1. The van der Waals surface area contributed by atoms with E-state index in [-0.39, 0.29) is 29.3 Å². The van der Waals surface area contributed by atoms with E-state index in [1.807, 2.05) is 0 Å². The molecule has 7 nitrogen and oxygen atoms in total. The Balaban J connectivity index is 1.81. The van der Waals surface area contributed by atoms with Gasteiger partial charge in [-0.05, 0) is 18.1 Å². The monoisotopic (exact) mass is 301 g/mol. The largest absolute Gasteiger partial charge is 0.535 e. The van der Waals surface area contributed by atoms with Crippen LogP contribution in [0, 0.1) is 0 Å². The van der Waals surface area contributed by atoms with Crippen molar-refractivity contribution in [1.82, 2.24) is 4.98 Å². The van der Waals surface area contributed by atoms with E-state index in [1.165, 1.54) is 12.3 Å². The average molecular weight is 301 g/mol. The van der Waals surface area contributed by atoms with E-state index in [0.29, 0.717) is 12.0 Å². The molecule has 0 radical (unpaired) electrons. The first kappa shape index (κ1) is 14.3. The maximum atomic E-state index is 12.0. The van der Waals surface area contributed by atoms with Crippen molar-refractivity contribution < 1.29 is 28.8 Å². The summed E-state index contributed by atoms with van der Waals surface area (Å²) in [5.41, 5.74) is 0.650. The Hall–Kier alpha value is -2.61. The van der Waals surface area contributed by atoms with Crippen LogP contribution in [0.25, 0.3) is 0 Å². The normalized spacial score (nSPS) is 16.8. The number of ketones is 1. The van der Waals surface area contributed by atoms with Gasteiger partial charge in [-0.2, -0.15) is 0 Å². The molecule has 112 valence electrons. The summed E-state index contributed by atoms with van der Waals surface area (Å²) < 4.78 is 10.3. The molecule has 1 atom stereocenters. The predicted octanol–water partition coefficient (Wildman–Crippen LogP) is 1.43. The van der Waals surface area contributed by atoms with Gasteiger partial charge in [0.2, 0.25) is 0 Å². The Morgan fingerprint density at radius 3 is 2.91 bits per heavy atom. The number of nitrogens with zero attached hydrogens (tertiary/aromatic N) is 1. The molecule has 2 aromatic rings. The highest BCUT2D eigenvalue weighted by molar-refractivity contribution is 6.47. The van der Waals surface area contributed by atoms with Crippen LogP contribution in [0.1, 0.15) is 32.9 Å². The second-order valence-electron chi connectivity index (χ2n) is 5.06. The number of hydrogen-bond donors (Lipinski definition) is 2. The molecule has 1 aliphatic heterocycles. The molecule has 1 aliphatic rings. The van der Waals surface area contributed by atoms with Crippen molar-refractivity contribution in [2.24, 2.45) is 0 Å². The van der Waals surface area contributed by atoms with Crippen molar-refractivity contribution in [3.8, 4) is 5.75 Å². The van der Waals surface area contributed by atoms with Gasteiger partial charge in [0.15, 0.2) is 17.9 Å². The number of carbonyl (C=O) groups excluding carboxylic acids is 1. The van der Waals surface area contributed by atoms with Crippen LogP contribution in [0.5, 0.6) is 5.75 Å². The van der Waals surface area contributed by atoms with Gasteiger partial charge in [0, 0.05) is 12.2 Å². The molecule has 0 unspecified atom stereocenters. The molecule has 0 aliphatic carbocycles. The highest BCUT2D eigenvalue weighted by atomic mass is 16.5. The second-order valence-corrected chi connectivity index (χ2v) is 5.06.